The molecule has 1 aromatic rings. The van der Waals surface area contributed by atoms with Crippen LogP contribution in [0.4, 0.5) is 0 Å². The Bertz CT molecular complexity index is 326. The van der Waals surface area contributed by atoms with E-state index >= 15 is 0 Å². The molecule has 0 aromatic carbocycles. The van der Waals surface area contributed by atoms with Crippen LogP contribution in [-0.2, 0) is 13.5 Å². The van der Waals surface area contributed by atoms with Crippen LogP contribution in [0, 0.1) is 6.92 Å². The number of aromatic nitrogens is 2. The van der Waals surface area contributed by atoms with E-state index in [0.717, 1.165) is 23.9 Å². The van der Waals surface area contributed by atoms with Crippen LogP contribution in [0.25, 0.3) is 0 Å². The molecule has 0 aliphatic heterocycles. The molecule has 0 amide bonds. The van der Waals surface area contributed by atoms with Gasteiger partial charge in [-0.2, -0.15) is 5.10 Å². The van der Waals surface area contributed by atoms with Gasteiger partial charge in [0.25, 0.3) is 0 Å². The summed E-state index contributed by atoms with van der Waals surface area (Å²) in [6, 6.07) is 2.14. The predicted molar refractivity (Wildman–Crippen MR) is 63.8 cm³/mol. The van der Waals surface area contributed by atoms with Crippen molar-refractivity contribution in [2.75, 3.05) is 5.33 Å². The molecule has 2 nitrogen and oxygen atoms in total. The second kappa shape index (κ2) is 5.35. The molecule has 3 heteroatoms. The van der Waals surface area contributed by atoms with E-state index in [0.29, 0.717) is 0 Å². The fourth-order valence-corrected chi connectivity index (χ4v) is 1.72. The van der Waals surface area contributed by atoms with Crippen molar-refractivity contribution in [1.29, 1.82) is 0 Å². The van der Waals surface area contributed by atoms with E-state index < -0.39 is 0 Å². The number of hydrogen-bond acceptors (Lipinski definition) is 1. The highest BCUT2D eigenvalue weighted by molar-refractivity contribution is 9.09. The van der Waals surface area contributed by atoms with Crippen LogP contribution in [0.2, 0.25) is 0 Å². The maximum Gasteiger partial charge on any atom is 0.0596 e. The molecule has 0 saturated carbocycles. The summed E-state index contributed by atoms with van der Waals surface area (Å²) in [5.74, 6) is 0. The van der Waals surface area contributed by atoms with Gasteiger partial charge in [0.15, 0.2) is 0 Å². The van der Waals surface area contributed by atoms with Crippen LogP contribution < -0.4 is 0 Å². The van der Waals surface area contributed by atoms with E-state index in [1.807, 2.05) is 18.7 Å². The molecule has 0 radical (unpaired) electrons. The second-order valence-electron chi connectivity index (χ2n) is 3.61. The normalized spacial score (nSPS) is 12.1. The Kier molecular flexibility index (Phi) is 4.39. The Morgan fingerprint density at radius 1 is 1.64 bits per heavy atom. The standard InChI is InChI=1S/C11H17BrN2/c1-9(5-4-6-12)7-11-8-10(2)13-14(11)3/h5,8H,4,6-7H2,1-3H3. The molecule has 1 heterocycles. The van der Waals surface area contributed by atoms with Crippen LogP contribution >= 0.6 is 15.9 Å². The molecule has 1 aromatic heterocycles. The van der Waals surface area contributed by atoms with Crippen molar-refractivity contribution in [3.05, 3.63) is 29.1 Å². The highest BCUT2D eigenvalue weighted by atomic mass is 79.9. The van der Waals surface area contributed by atoms with Gasteiger partial charge in [-0.15, -0.1) is 0 Å². The molecule has 0 saturated heterocycles. The maximum absolute atomic E-state index is 4.32. The van der Waals surface area contributed by atoms with Crippen molar-refractivity contribution in [3.63, 3.8) is 0 Å². The van der Waals surface area contributed by atoms with E-state index in [1.54, 1.807) is 0 Å². The van der Waals surface area contributed by atoms with Gasteiger partial charge >= 0.3 is 0 Å². The molecular formula is C11H17BrN2. The predicted octanol–water partition coefficient (Wildman–Crippen LogP) is 3.00. The van der Waals surface area contributed by atoms with Gasteiger partial charge < -0.3 is 0 Å². The monoisotopic (exact) mass is 256 g/mol. The number of rotatable bonds is 4. The third-order valence-corrected chi connectivity index (χ3v) is 2.62. The number of nitrogens with zero attached hydrogens (tertiary/aromatic N) is 2. The first-order valence-corrected chi connectivity index (χ1v) is 5.96. The van der Waals surface area contributed by atoms with E-state index in [-0.39, 0.29) is 0 Å². The maximum atomic E-state index is 4.32. The summed E-state index contributed by atoms with van der Waals surface area (Å²) in [6.07, 6.45) is 4.38. The van der Waals surface area contributed by atoms with E-state index in [4.69, 9.17) is 0 Å². The van der Waals surface area contributed by atoms with Gasteiger partial charge in [-0.05, 0) is 26.3 Å². The van der Waals surface area contributed by atoms with Crippen LogP contribution in [0.3, 0.4) is 0 Å². The third-order valence-electron chi connectivity index (χ3n) is 2.16. The molecular weight excluding hydrogens is 240 g/mol. The molecule has 78 valence electrons. The number of aryl methyl sites for hydroxylation is 2. The summed E-state index contributed by atoms with van der Waals surface area (Å²) in [7, 11) is 2.00. The van der Waals surface area contributed by atoms with Crippen molar-refractivity contribution in [2.45, 2.75) is 26.7 Å². The molecule has 0 unspecified atom stereocenters. The minimum Gasteiger partial charge on any atom is -0.272 e. The zero-order chi connectivity index (χ0) is 10.6. The van der Waals surface area contributed by atoms with Gasteiger partial charge in [-0.1, -0.05) is 27.6 Å². The smallest absolute Gasteiger partial charge is 0.0596 e. The van der Waals surface area contributed by atoms with Crippen molar-refractivity contribution in [3.8, 4) is 0 Å². The zero-order valence-corrected chi connectivity index (χ0v) is 10.6. The molecule has 0 bridgehead atoms. The summed E-state index contributed by atoms with van der Waals surface area (Å²) >= 11 is 3.42. The lowest BCUT2D eigenvalue weighted by Gasteiger charge is -2.01. The van der Waals surface area contributed by atoms with Crippen molar-refractivity contribution >= 4 is 15.9 Å². The number of alkyl halides is 1. The SMILES string of the molecule is CC(=CCCBr)Cc1cc(C)nn1C. The number of halogens is 1. The van der Waals surface area contributed by atoms with Crippen LogP contribution in [-0.4, -0.2) is 15.1 Å². The number of allylic oxidation sites excluding steroid dienone is 2. The molecule has 0 aliphatic carbocycles. The second-order valence-corrected chi connectivity index (χ2v) is 4.40. The lowest BCUT2D eigenvalue weighted by Crippen LogP contribution is -1.98. The fraction of sp³-hybridized carbons (Fsp3) is 0.545. The molecule has 14 heavy (non-hydrogen) atoms. The Morgan fingerprint density at radius 2 is 2.36 bits per heavy atom. The highest BCUT2D eigenvalue weighted by Gasteiger charge is 2.01. The average Bonchev–Trinajstić information content (AvgIpc) is 2.42. The van der Waals surface area contributed by atoms with Gasteiger partial charge in [0, 0.05) is 24.5 Å². The lowest BCUT2D eigenvalue weighted by atomic mass is 10.1. The summed E-state index contributed by atoms with van der Waals surface area (Å²) in [6.45, 7) is 4.20. The summed E-state index contributed by atoms with van der Waals surface area (Å²) in [5, 5.41) is 5.36. The van der Waals surface area contributed by atoms with E-state index in [1.165, 1.54) is 11.3 Å². The lowest BCUT2D eigenvalue weighted by molar-refractivity contribution is 0.714. The topological polar surface area (TPSA) is 17.8 Å². The first-order valence-electron chi connectivity index (χ1n) is 4.84. The average molecular weight is 257 g/mol. The van der Waals surface area contributed by atoms with Crippen LogP contribution in [0.5, 0.6) is 0 Å². The van der Waals surface area contributed by atoms with Gasteiger partial charge in [-0.3, -0.25) is 4.68 Å². The van der Waals surface area contributed by atoms with E-state index in [2.05, 4.69) is 40.1 Å². The van der Waals surface area contributed by atoms with Crippen molar-refractivity contribution in [1.82, 2.24) is 9.78 Å². The molecule has 0 atom stereocenters. The molecule has 0 spiro atoms. The van der Waals surface area contributed by atoms with E-state index in [9.17, 15) is 0 Å². The van der Waals surface area contributed by atoms with Gasteiger partial charge in [0.1, 0.15) is 0 Å². The zero-order valence-electron chi connectivity index (χ0n) is 9.05. The van der Waals surface area contributed by atoms with Gasteiger partial charge in [-0.25, -0.2) is 0 Å². The molecule has 1 rings (SSSR count). The quantitative estimate of drug-likeness (QED) is 0.599. The minimum atomic E-state index is 1.00. The Hall–Kier alpha value is -0.570. The summed E-state index contributed by atoms with van der Waals surface area (Å²) < 4.78 is 1.96. The van der Waals surface area contributed by atoms with Gasteiger partial charge in [0.2, 0.25) is 0 Å². The fourth-order valence-electron chi connectivity index (χ4n) is 1.49. The number of hydrogen-bond donors (Lipinski definition) is 0. The highest BCUT2D eigenvalue weighted by Crippen LogP contribution is 2.09. The Balaban J connectivity index is 2.64. The molecule has 0 aliphatic rings. The summed E-state index contributed by atoms with van der Waals surface area (Å²) in [5.41, 5.74) is 3.79. The van der Waals surface area contributed by atoms with Crippen LogP contribution in [0.1, 0.15) is 24.7 Å². The van der Waals surface area contributed by atoms with Crippen LogP contribution in [0.15, 0.2) is 17.7 Å². The Morgan fingerprint density at radius 3 is 2.86 bits per heavy atom. The first-order chi connectivity index (χ1) is 6.63. The largest absolute Gasteiger partial charge is 0.272 e. The van der Waals surface area contributed by atoms with Gasteiger partial charge in [0.05, 0.1) is 5.69 Å². The Labute approximate surface area is 94.1 Å². The first kappa shape index (κ1) is 11.5. The van der Waals surface area contributed by atoms with Crippen molar-refractivity contribution < 1.29 is 0 Å². The minimum absolute atomic E-state index is 1.00. The molecule has 0 fully saturated rings. The summed E-state index contributed by atoms with van der Waals surface area (Å²) in [4.78, 5) is 0. The third kappa shape index (κ3) is 3.29. The molecule has 0 N–H and O–H groups in total. The van der Waals surface area contributed by atoms with Crippen molar-refractivity contribution in [2.24, 2.45) is 7.05 Å².